The van der Waals surface area contributed by atoms with Crippen molar-refractivity contribution in [2.75, 3.05) is 5.73 Å². The first kappa shape index (κ1) is 11.2. The third kappa shape index (κ3) is 2.56. The van der Waals surface area contributed by atoms with Crippen molar-refractivity contribution in [3.05, 3.63) is 30.6 Å². The molecule has 0 aliphatic rings. The maximum atomic E-state index is 5.66. The summed E-state index contributed by atoms with van der Waals surface area (Å²) in [6, 6.07) is 5.65. The van der Waals surface area contributed by atoms with E-state index in [2.05, 4.69) is 10.1 Å². The Kier molecular flexibility index (Phi) is 3.85. The molecule has 0 aliphatic heterocycles. The van der Waals surface area contributed by atoms with Gasteiger partial charge in [-0.15, -0.1) is 0 Å². The second-order valence-corrected chi connectivity index (χ2v) is 2.81. The van der Waals surface area contributed by atoms with E-state index in [1.807, 2.05) is 39.1 Å². The van der Waals surface area contributed by atoms with Gasteiger partial charge in [0, 0.05) is 31.1 Å². The number of nitrogens with zero attached hydrogens (tertiary/aromatic N) is 3. The summed E-state index contributed by atoms with van der Waals surface area (Å²) < 4.78 is 1.65. The van der Waals surface area contributed by atoms with E-state index < -0.39 is 0 Å². The number of hydrogen-bond donors (Lipinski definition) is 1. The quantitative estimate of drug-likeness (QED) is 0.773. The van der Waals surface area contributed by atoms with E-state index in [9.17, 15) is 0 Å². The number of aromatic nitrogens is 3. The number of hydrogen-bond acceptors (Lipinski definition) is 3. The fraction of sp³-hybridized carbons (Fsp3) is 0.273. The molecule has 0 fully saturated rings. The number of rotatable bonds is 1. The Bertz CT molecular complexity index is 386. The van der Waals surface area contributed by atoms with Gasteiger partial charge in [-0.2, -0.15) is 5.10 Å². The summed E-state index contributed by atoms with van der Waals surface area (Å²) in [6.07, 6.45) is 3.47. The van der Waals surface area contributed by atoms with Crippen LogP contribution in [0, 0.1) is 0 Å². The summed E-state index contributed by atoms with van der Waals surface area (Å²) in [5.41, 5.74) is 7.57. The summed E-state index contributed by atoms with van der Waals surface area (Å²) in [4.78, 5) is 3.93. The number of nitrogen functional groups attached to an aromatic ring is 1. The van der Waals surface area contributed by atoms with Gasteiger partial charge in [0.2, 0.25) is 0 Å². The van der Waals surface area contributed by atoms with Gasteiger partial charge < -0.3 is 5.73 Å². The SMILES string of the molecule is CC.Cn1nc(-c2ccncc2)cc1N. The highest BCUT2D eigenvalue weighted by atomic mass is 15.3. The van der Waals surface area contributed by atoms with Crippen LogP contribution in [0.2, 0.25) is 0 Å². The number of anilines is 1. The van der Waals surface area contributed by atoms with Crippen molar-refractivity contribution in [2.45, 2.75) is 13.8 Å². The minimum Gasteiger partial charge on any atom is -0.384 e. The topological polar surface area (TPSA) is 56.7 Å². The molecule has 0 aromatic carbocycles. The van der Waals surface area contributed by atoms with Crippen molar-refractivity contribution >= 4 is 5.82 Å². The van der Waals surface area contributed by atoms with E-state index in [0.717, 1.165) is 11.3 Å². The van der Waals surface area contributed by atoms with Crippen molar-refractivity contribution in [3.63, 3.8) is 0 Å². The second-order valence-electron chi connectivity index (χ2n) is 2.81. The maximum Gasteiger partial charge on any atom is 0.121 e. The molecule has 0 radical (unpaired) electrons. The number of aryl methyl sites for hydroxylation is 1. The van der Waals surface area contributed by atoms with Crippen LogP contribution >= 0.6 is 0 Å². The molecule has 4 heteroatoms. The zero-order chi connectivity index (χ0) is 11.3. The maximum absolute atomic E-state index is 5.66. The average molecular weight is 204 g/mol. The summed E-state index contributed by atoms with van der Waals surface area (Å²) in [6.45, 7) is 4.00. The van der Waals surface area contributed by atoms with Crippen LogP contribution in [0.25, 0.3) is 11.3 Å². The first-order chi connectivity index (χ1) is 7.27. The van der Waals surface area contributed by atoms with E-state index in [1.165, 1.54) is 0 Å². The smallest absolute Gasteiger partial charge is 0.121 e. The lowest BCUT2D eigenvalue weighted by atomic mass is 10.2. The van der Waals surface area contributed by atoms with E-state index in [1.54, 1.807) is 17.1 Å². The Hall–Kier alpha value is -1.84. The lowest BCUT2D eigenvalue weighted by Gasteiger charge is -1.92. The van der Waals surface area contributed by atoms with Crippen LogP contribution in [-0.2, 0) is 7.05 Å². The third-order valence-corrected chi connectivity index (χ3v) is 1.89. The van der Waals surface area contributed by atoms with Crippen molar-refractivity contribution in [1.29, 1.82) is 0 Å². The molecule has 2 heterocycles. The lowest BCUT2D eigenvalue weighted by molar-refractivity contribution is 0.782. The normalized spacial score (nSPS) is 9.27. The molecule has 0 saturated carbocycles. The third-order valence-electron chi connectivity index (χ3n) is 1.89. The van der Waals surface area contributed by atoms with E-state index in [4.69, 9.17) is 5.73 Å². The monoisotopic (exact) mass is 204 g/mol. The van der Waals surface area contributed by atoms with Gasteiger partial charge in [0.15, 0.2) is 0 Å². The van der Waals surface area contributed by atoms with Crippen LogP contribution in [0.1, 0.15) is 13.8 Å². The molecule has 0 aliphatic carbocycles. The molecule has 0 unspecified atom stereocenters. The molecule has 80 valence electrons. The van der Waals surface area contributed by atoms with Gasteiger partial charge in [0.1, 0.15) is 5.82 Å². The first-order valence-corrected chi connectivity index (χ1v) is 4.97. The molecule has 2 rings (SSSR count). The highest BCUT2D eigenvalue weighted by molar-refractivity contribution is 5.61. The van der Waals surface area contributed by atoms with Crippen LogP contribution in [0.15, 0.2) is 30.6 Å². The molecule has 2 N–H and O–H groups in total. The Morgan fingerprint density at radius 3 is 2.27 bits per heavy atom. The molecular weight excluding hydrogens is 188 g/mol. The predicted molar refractivity (Wildman–Crippen MR) is 62.2 cm³/mol. The second kappa shape index (κ2) is 5.14. The van der Waals surface area contributed by atoms with Crippen molar-refractivity contribution < 1.29 is 0 Å². The standard InChI is InChI=1S/C9H10N4.C2H6/c1-13-9(10)6-8(12-13)7-2-4-11-5-3-7;1-2/h2-6H,10H2,1H3;1-2H3. The van der Waals surface area contributed by atoms with E-state index in [0.29, 0.717) is 5.82 Å². The molecule has 0 spiro atoms. The Morgan fingerprint density at radius 2 is 1.80 bits per heavy atom. The number of pyridine rings is 1. The molecular formula is C11H16N4. The molecule has 0 bridgehead atoms. The van der Waals surface area contributed by atoms with Crippen molar-refractivity contribution in [2.24, 2.45) is 7.05 Å². The Morgan fingerprint density at radius 1 is 1.20 bits per heavy atom. The van der Waals surface area contributed by atoms with Crippen molar-refractivity contribution in [3.8, 4) is 11.3 Å². The lowest BCUT2D eigenvalue weighted by Crippen LogP contribution is -1.96. The van der Waals surface area contributed by atoms with Gasteiger partial charge in [-0.3, -0.25) is 9.67 Å². The molecule has 15 heavy (non-hydrogen) atoms. The Labute approximate surface area is 89.8 Å². The summed E-state index contributed by atoms with van der Waals surface area (Å²) >= 11 is 0. The van der Waals surface area contributed by atoms with Gasteiger partial charge in [-0.05, 0) is 12.1 Å². The first-order valence-electron chi connectivity index (χ1n) is 4.97. The highest BCUT2D eigenvalue weighted by Crippen LogP contribution is 2.18. The summed E-state index contributed by atoms with van der Waals surface area (Å²) in [7, 11) is 1.82. The minimum atomic E-state index is 0.659. The zero-order valence-electron chi connectivity index (χ0n) is 9.31. The fourth-order valence-electron chi connectivity index (χ4n) is 1.15. The minimum absolute atomic E-state index is 0.659. The van der Waals surface area contributed by atoms with Crippen LogP contribution < -0.4 is 5.73 Å². The largest absolute Gasteiger partial charge is 0.384 e. The molecule has 0 amide bonds. The average Bonchev–Trinajstić information content (AvgIpc) is 2.63. The van der Waals surface area contributed by atoms with Crippen molar-refractivity contribution in [1.82, 2.24) is 14.8 Å². The van der Waals surface area contributed by atoms with Gasteiger partial charge in [0.05, 0.1) is 5.69 Å². The van der Waals surface area contributed by atoms with E-state index >= 15 is 0 Å². The van der Waals surface area contributed by atoms with Gasteiger partial charge in [0.25, 0.3) is 0 Å². The Balaban J connectivity index is 0.000000531. The molecule has 0 atom stereocenters. The molecule has 0 saturated heterocycles. The van der Waals surface area contributed by atoms with Gasteiger partial charge >= 0.3 is 0 Å². The van der Waals surface area contributed by atoms with E-state index in [-0.39, 0.29) is 0 Å². The van der Waals surface area contributed by atoms with Crippen LogP contribution in [0.4, 0.5) is 5.82 Å². The summed E-state index contributed by atoms with van der Waals surface area (Å²) in [5.74, 6) is 0.659. The number of nitrogens with two attached hydrogens (primary N) is 1. The van der Waals surface area contributed by atoms with Gasteiger partial charge in [-0.1, -0.05) is 13.8 Å². The molecule has 2 aromatic heterocycles. The molecule has 4 nitrogen and oxygen atoms in total. The van der Waals surface area contributed by atoms with Crippen LogP contribution in [0.5, 0.6) is 0 Å². The van der Waals surface area contributed by atoms with Crippen LogP contribution in [-0.4, -0.2) is 14.8 Å². The fourth-order valence-corrected chi connectivity index (χ4v) is 1.15. The summed E-state index contributed by atoms with van der Waals surface area (Å²) in [5, 5.41) is 4.24. The highest BCUT2D eigenvalue weighted by Gasteiger charge is 2.02. The predicted octanol–water partition coefficient (Wildman–Crippen LogP) is 2.09. The van der Waals surface area contributed by atoms with Crippen LogP contribution in [0.3, 0.4) is 0 Å². The molecule has 2 aromatic rings. The van der Waals surface area contributed by atoms with Gasteiger partial charge in [-0.25, -0.2) is 0 Å². The zero-order valence-corrected chi connectivity index (χ0v) is 9.31.